The van der Waals surface area contributed by atoms with Gasteiger partial charge in [0, 0.05) is 18.8 Å². The molecule has 0 unspecified atom stereocenters. The Kier molecular flexibility index (Phi) is 4.93. The summed E-state index contributed by atoms with van der Waals surface area (Å²) in [6.07, 6.45) is 6.47. The van der Waals surface area contributed by atoms with Crippen molar-refractivity contribution >= 4 is 18.5 Å². The molecule has 0 fully saturated rings. The number of aromatic nitrogens is 1. The minimum absolute atomic E-state index is 0.820. The van der Waals surface area contributed by atoms with Crippen molar-refractivity contribution in [1.29, 1.82) is 0 Å². The Morgan fingerprint density at radius 1 is 1.16 bits per heavy atom. The van der Waals surface area contributed by atoms with Gasteiger partial charge in [-0.3, -0.25) is 9.98 Å². The minimum atomic E-state index is 0.820. The zero-order valence-electron chi connectivity index (χ0n) is 10.9. The molecule has 2 nitrogen and oxygen atoms in total. The quantitative estimate of drug-likeness (QED) is 0.759. The molecule has 0 saturated carbocycles. The summed E-state index contributed by atoms with van der Waals surface area (Å²) in [7, 11) is 0. The first kappa shape index (κ1) is 13.6. The predicted octanol–water partition coefficient (Wildman–Crippen LogP) is 4.20. The second-order valence-corrected chi connectivity index (χ2v) is 4.82. The summed E-state index contributed by atoms with van der Waals surface area (Å²) in [6, 6.07) is 12.6. The third-order valence-corrected chi connectivity index (χ3v) is 3.32. The van der Waals surface area contributed by atoms with E-state index in [-0.39, 0.29) is 0 Å². The van der Waals surface area contributed by atoms with Gasteiger partial charge in [0.2, 0.25) is 0 Å². The third kappa shape index (κ3) is 3.80. The van der Waals surface area contributed by atoms with E-state index >= 15 is 0 Å². The van der Waals surface area contributed by atoms with Crippen LogP contribution in [0.2, 0.25) is 0 Å². The summed E-state index contributed by atoms with van der Waals surface area (Å²) < 4.78 is 0. The summed E-state index contributed by atoms with van der Waals surface area (Å²) >= 11 is 1.65. The van der Waals surface area contributed by atoms with Gasteiger partial charge in [-0.15, -0.1) is 11.8 Å². The van der Waals surface area contributed by atoms with Crippen molar-refractivity contribution < 1.29 is 0 Å². The standard InChI is InChI=1S/C16H16N2S/c1-17-16(12-19-2)11-13-3-5-14(6-4-13)15-7-9-18-10-8-15/h3-10,12H,1,11H2,2H3/b16-12-. The molecule has 3 heteroatoms. The van der Waals surface area contributed by atoms with E-state index in [0.29, 0.717) is 0 Å². The van der Waals surface area contributed by atoms with Gasteiger partial charge in [0.15, 0.2) is 0 Å². The van der Waals surface area contributed by atoms with E-state index in [1.807, 2.05) is 36.2 Å². The first-order valence-electron chi connectivity index (χ1n) is 6.01. The van der Waals surface area contributed by atoms with Gasteiger partial charge < -0.3 is 0 Å². The summed E-state index contributed by atoms with van der Waals surface area (Å²) in [5.41, 5.74) is 4.63. The van der Waals surface area contributed by atoms with Crippen LogP contribution in [0.1, 0.15) is 5.56 Å². The Morgan fingerprint density at radius 2 is 1.79 bits per heavy atom. The molecule has 0 aliphatic rings. The number of hydrogen-bond donors (Lipinski definition) is 0. The minimum Gasteiger partial charge on any atom is -0.268 e. The van der Waals surface area contributed by atoms with Crippen LogP contribution < -0.4 is 0 Å². The van der Waals surface area contributed by atoms with Gasteiger partial charge in [-0.1, -0.05) is 24.3 Å². The summed E-state index contributed by atoms with van der Waals surface area (Å²) in [5, 5.41) is 2.03. The maximum atomic E-state index is 4.04. The number of allylic oxidation sites excluding steroid dienone is 1. The monoisotopic (exact) mass is 268 g/mol. The van der Waals surface area contributed by atoms with Crippen LogP contribution in [-0.2, 0) is 6.42 Å². The van der Waals surface area contributed by atoms with Gasteiger partial charge in [-0.25, -0.2) is 0 Å². The van der Waals surface area contributed by atoms with E-state index in [9.17, 15) is 0 Å². The van der Waals surface area contributed by atoms with Crippen LogP contribution in [-0.4, -0.2) is 18.0 Å². The fraction of sp³-hybridized carbons (Fsp3) is 0.125. The van der Waals surface area contributed by atoms with Crippen molar-refractivity contribution in [3.05, 3.63) is 65.5 Å². The number of pyridine rings is 1. The number of rotatable bonds is 5. The molecule has 0 bridgehead atoms. The highest BCUT2D eigenvalue weighted by atomic mass is 32.2. The molecule has 2 rings (SSSR count). The van der Waals surface area contributed by atoms with Gasteiger partial charge in [-0.05, 0) is 47.2 Å². The average Bonchev–Trinajstić information content (AvgIpc) is 2.48. The number of aliphatic imine (C=N–C) groups is 1. The second-order valence-electron chi connectivity index (χ2n) is 4.11. The van der Waals surface area contributed by atoms with Crippen LogP contribution in [0.5, 0.6) is 0 Å². The van der Waals surface area contributed by atoms with E-state index in [0.717, 1.165) is 12.1 Å². The molecule has 0 atom stereocenters. The molecular formula is C16H16N2S. The van der Waals surface area contributed by atoms with E-state index in [4.69, 9.17) is 0 Å². The van der Waals surface area contributed by atoms with Crippen molar-refractivity contribution in [1.82, 2.24) is 4.98 Å². The van der Waals surface area contributed by atoms with Gasteiger partial charge in [0.05, 0.1) is 5.70 Å². The van der Waals surface area contributed by atoms with Crippen LogP contribution >= 0.6 is 11.8 Å². The molecule has 0 aliphatic heterocycles. The Balaban J connectivity index is 2.15. The Hall–Kier alpha value is -1.87. The molecule has 0 amide bonds. The first-order chi connectivity index (χ1) is 9.33. The molecule has 0 radical (unpaired) electrons. The van der Waals surface area contributed by atoms with Crippen LogP contribution in [0.25, 0.3) is 11.1 Å². The number of hydrogen-bond acceptors (Lipinski definition) is 3. The van der Waals surface area contributed by atoms with Crippen LogP contribution in [0.4, 0.5) is 0 Å². The summed E-state index contributed by atoms with van der Waals surface area (Å²) in [4.78, 5) is 8.07. The van der Waals surface area contributed by atoms with Crippen molar-refractivity contribution in [2.75, 3.05) is 6.26 Å². The van der Waals surface area contributed by atoms with E-state index in [1.54, 1.807) is 11.8 Å². The molecule has 19 heavy (non-hydrogen) atoms. The molecule has 0 saturated heterocycles. The highest BCUT2D eigenvalue weighted by Gasteiger charge is 2.00. The highest BCUT2D eigenvalue weighted by molar-refractivity contribution is 8.01. The molecule has 1 aromatic heterocycles. The Labute approximate surface area is 118 Å². The zero-order chi connectivity index (χ0) is 13.5. The number of benzene rings is 1. The van der Waals surface area contributed by atoms with Crippen LogP contribution in [0.3, 0.4) is 0 Å². The van der Waals surface area contributed by atoms with Crippen LogP contribution in [0.15, 0.2) is 64.9 Å². The van der Waals surface area contributed by atoms with Gasteiger partial charge >= 0.3 is 0 Å². The molecule has 1 aromatic carbocycles. The van der Waals surface area contributed by atoms with Crippen LogP contribution in [0, 0.1) is 0 Å². The zero-order valence-corrected chi connectivity index (χ0v) is 11.7. The Bertz CT molecular complexity index is 559. The largest absolute Gasteiger partial charge is 0.268 e. The van der Waals surface area contributed by atoms with Gasteiger partial charge in [0.25, 0.3) is 0 Å². The molecule has 1 heterocycles. The van der Waals surface area contributed by atoms with Gasteiger partial charge in [0.1, 0.15) is 0 Å². The predicted molar refractivity (Wildman–Crippen MR) is 84.5 cm³/mol. The lowest BCUT2D eigenvalue weighted by atomic mass is 10.0. The molecule has 0 spiro atoms. The third-order valence-electron chi connectivity index (χ3n) is 2.81. The topological polar surface area (TPSA) is 25.2 Å². The van der Waals surface area contributed by atoms with E-state index in [2.05, 4.69) is 41.0 Å². The lowest BCUT2D eigenvalue weighted by Gasteiger charge is -2.05. The van der Waals surface area contributed by atoms with Crippen molar-refractivity contribution in [3.8, 4) is 11.1 Å². The fourth-order valence-corrected chi connectivity index (χ4v) is 2.27. The molecule has 96 valence electrons. The van der Waals surface area contributed by atoms with Crippen molar-refractivity contribution in [3.63, 3.8) is 0 Å². The molecule has 0 aliphatic carbocycles. The normalized spacial score (nSPS) is 11.3. The van der Waals surface area contributed by atoms with Crippen molar-refractivity contribution in [2.24, 2.45) is 4.99 Å². The highest BCUT2D eigenvalue weighted by Crippen LogP contribution is 2.20. The lowest BCUT2D eigenvalue weighted by Crippen LogP contribution is -1.88. The smallest absolute Gasteiger partial charge is 0.0502 e. The first-order valence-corrected chi connectivity index (χ1v) is 7.30. The van der Waals surface area contributed by atoms with Gasteiger partial charge in [-0.2, -0.15) is 0 Å². The molecular weight excluding hydrogens is 252 g/mol. The van der Waals surface area contributed by atoms with Crippen molar-refractivity contribution in [2.45, 2.75) is 6.42 Å². The second kappa shape index (κ2) is 6.90. The summed E-state index contributed by atoms with van der Waals surface area (Å²) in [6.45, 7) is 3.60. The molecule has 0 N–H and O–H groups in total. The summed E-state index contributed by atoms with van der Waals surface area (Å²) in [5.74, 6) is 0. The number of nitrogens with zero attached hydrogens (tertiary/aromatic N) is 2. The van der Waals surface area contributed by atoms with E-state index < -0.39 is 0 Å². The SMILES string of the molecule is C=N/C(=C\SC)Cc1ccc(-c2ccncc2)cc1. The fourth-order valence-electron chi connectivity index (χ4n) is 1.84. The lowest BCUT2D eigenvalue weighted by molar-refractivity contribution is 1.12. The average molecular weight is 268 g/mol. The molecule has 2 aromatic rings. The van der Waals surface area contributed by atoms with E-state index in [1.165, 1.54) is 16.7 Å². The maximum absolute atomic E-state index is 4.04. The Morgan fingerprint density at radius 3 is 2.37 bits per heavy atom. The number of thioether (sulfide) groups is 1. The maximum Gasteiger partial charge on any atom is 0.0502 e.